The lowest BCUT2D eigenvalue weighted by Gasteiger charge is -2.23. The minimum absolute atomic E-state index is 0.0197. The molecule has 1 atom stereocenters. The van der Waals surface area contributed by atoms with E-state index in [-0.39, 0.29) is 37.3 Å². The van der Waals surface area contributed by atoms with E-state index >= 15 is 0 Å². The number of esters is 2. The fourth-order valence-electron chi connectivity index (χ4n) is 4.29. The number of hydrogen-bond acceptors (Lipinski definition) is 5. The highest BCUT2D eigenvalue weighted by atomic mass is 19.4. The summed E-state index contributed by atoms with van der Waals surface area (Å²) in [6, 6.07) is 0. The molecule has 0 amide bonds. The first-order valence-corrected chi connectivity index (χ1v) is 13.8. The van der Waals surface area contributed by atoms with Crippen molar-refractivity contribution in [3.63, 3.8) is 0 Å². The van der Waals surface area contributed by atoms with E-state index < -0.39 is 41.3 Å². The summed E-state index contributed by atoms with van der Waals surface area (Å²) < 4.78 is 90.8. The van der Waals surface area contributed by atoms with Crippen LogP contribution in [0, 0.1) is 12.3 Å². The van der Waals surface area contributed by atoms with Gasteiger partial charge in [0.15, 0.2) is 0 Å². The molecule has 1 aromatic heterocycles. The van der Waals surface area contributed by atoms with Gasteiger partial charge in [0.05, 0.1) is 7.11 Å². The minimum atomic E-state index is -5.25. The molecule has 1 aromatic rings. The SMILES string of the molecule is CCCCCC(/C=C/c1c(C/C=C\CCCC(=O)OC)c(C)n(CC(C)(C)C)c1C(=O)C(F)(F)F)OC(=O)C(F)(F)F. The van der Waals surface area contributed by atoms with Gasteiger partial charge in [-0.2, -0.15) is 26.3 Å². The lowest BCUT2D eigenvalue weighted by atomic mass is 9.96. The van der Waals surface area contributed by atoms with Gasteiger partial charge in [0, 0.05) is 24.2 Å². The van der Waals surface area contributed by atoms with Crippen LogP contribution in [0.5, 0.6) is 0 Å². The van der Waals surface area contributed by atoms with Crippen LogP contribution in [0.3, 0.4) is 0 Å². The fourth-order valence-corrected chi connectivity index (χ4v) is 4.29. The third-order valence-corrected chi connectivity index (χ3v) is 6.32. The van der Waals surface area contributed by atoms with E-state index in [0.29, 0.717) is 36.9 Å². The number of allylic oxidation sites excluding steroid dienone is 2. The highest BCUT2D eigenvalue weighted by Crippen LogP contribution is 2.34. The first kappa shape index (κ1) is 37.0. The van der Waals surface area contributed by atoms with Crippen LogP contribution in [0.1, 0.15) is 99.9 Å². The van der Waals surface area contributed by atoms with Crippen LogP contribution in [0.25, 0.3) is 6.08 Å². The largest absolute Gasteiger partial charge is 0.490 e. The molecule has 238 valence electrons. The van der Waals surface area contributed by atoms with Gasteiger partial charge in [0.25, 0.3) is 5.78 Å². The van der Waals surface area contributed by atoms with Gasteiger partial charge in [-0.3, -0.25) is 9.59 Å². The summed E-state index contributed by atoms with van der Waals surface area (Å²) in [7, 11) is 1.27. The van der Waals surface area contributed by atoms with Crippen molar-refractivity contribution in [1.82, 2.24) is 4.57 Å². The summed E-state index contributed by atoms with van der Waals surface area (Å²) >= 11 is 0. The summed E-state index contributed by atoms with van der Waals surface area (Å²) in [6.45, 7) is 8.90. The quantitative estimate of drug-likeness (QED) is 0.0661. The van der Waals surface area contributed by atoms with Crippen molar-refractivity contribution < 1.29 is 50.2 Å². The summed E-state index contributed by atoms with van der Waals surface area (Å²) in [5.41, 5.74) is -0.485. The molecule has 0 N–H and O–H groups in total. The topological polar surface area (TPSA) is 74.6 Å². The molecule has 0 saturated carbocycles. The van der Waals surface area contributed by atoms with Gasteiger partial charge in [-0.1, -0.05) is 58.8 Å². The highest BCUT2D eigenvalue weighted by Gasteiger charge is 2.44. The Balaban J connectivity index is 3.67. The van der Waals surface area contributed by atoms with E-state index in [4.69, 9.17) is 0 Å². The lowest BCUT2D eigenvalue weighted by molar-refractivity contribution is -0.203. The Morgan fingerprint density at radius 3 is 2.12 bits per heavy atom. The van der Waals surface area contributed by atoms with Crippen molar-refractivity contribution in [3.05, 3.63) is 40.7 Å². The van der Waals surface area contributed by atoms with Gasteiger partial charge in [0.1, 0.15) is 11.8 Å². The van der Waals surface area contributed by atoms with Crippen LogP contribution < -0.4 is 0 Å². The highest BCUT2D eigenvalue weighted by molar-refractivity contribution is 6.02. The van der Waals surface area contributed by atoms with Crippen molar-refractivity contribution >= 4 is 23.8 Å². The number of ketones is 1. The second-order valence-corrected chi connectivity index (χ2v) is 11.2. The Morgan fingerprint density at radius 2 is 1.60 bits per heavy atom. The summed E-state index contributed by atoms with van der Waals surface area (Å²) in [5.74, 6) is -4.87. The number of carbonyl (C=O) groups excluding carboxylic acids is 3. The van der Waals surface area contributed by atoms with E-state index in [2.05, 4.69) is 9.47 Å². The molecule has 0 saturated heterocycles. The number of aromatic nitrogens is 1. The molecular weight excluding hydrogens is 568 g/mol. The number of ether oxygens (including phenoxy) is 2. The van der Waals surface area contributed by atoms with E-state index in [0.717, 1.165) is 18.6 Å². The maximum absolute atomic E-state index is 13.8. The van der Waals surface area contributed by atoms with Crippen LogP contribution >= 0.6 is 0 Å². The van der Waals surface area contributed by atoms with Crippen molar-refractivity contribution in [2.45, 2.75) is 111 Å². The Morgan fingerprint density at radius 1 is 0.952 bits per heavy atom. The van der Waals surface area contributed by atoms with Gasteiger partial charge in [-0.15, -0.1) is 0 Å². The third kappa shape index (κ3) is 12.1. The summed E-state index contributed by atoms with van der Waals surface area (Å²) in [4.78, 5) is 35.6. The van der Waals surface area contributed by atoms with Crippen molar-refractivity contribution in [2.24, 2.45) is 5.41 Å². The second-order valence-electron chi connectivity index (χ2n) is 11.2. The molecule has 0 aliphatic carbocycles. The first-order valence-electron chi connectivity index (χ1n) is 13.8. The van der Waals surface area contributed by atoms with Crippen LogP contribution in [0.15, 0.2) is 18.2 Å². The average molecular weight is 610 g/mol. The second kappa shape index (κ2) is 16.0. The smallest absolute Gasteiger partial charge is 0.469 e. The molecule has 0 radical (unpaired) electrons. The molecule has 0 bridgehead atoms. The Bertz CT molecular complexity index is 1120. The van der Waals surface area contributed by atoms with Gasteiger partial charge >= 0.3 is 24.3 Å². The zero-order valence-corrected chi connectivity index (χ0v) is 25.0. The van der Waals surface area contributed by atoms with Crippen LogP contribution in [0.2, 0.25) is 0 Å². The summed E-state index contributed by atoms with van der Waals surface area (Å²) in [6.07, 6.45) is -3.02. The lowest BCUT2D eigenvalue weighted by Crippen LogP contribution is -2.29. The number of carbonyl (C=O) groups is 3. The fraction of sp³-hybridized carbons (Fsp3) is 0.633. The molecule has 0 aliphatic heterocycles. The van der Waals surface area contributed by atoms with Gasteiger partial charge in [0.2, 0.25) is 0 Å². The van der Waals surface area contributed by atoms with E-state index in [1.165, 1.54) is 11.7 Å². The zero-order chi connectivity index (χ0) is 32.3. The number of Topliss-reactive ketones (excluding diaryl/α,β-unsaturated/α-hetero) is 1. The van der Waals surface area contributed by atoms with Crippen molar-refractivity contribution in [3.8, 4) is 0 Å². The molecule has 12 heteroatoms. The molecule has 42 heavy (non-hydrogen) atoms. The maximum atomic E-state index is 13.8. The number of halogens is 6. The molecule has 1 rings (SSSR count). The number of nitrogens with zero attached hydrogens (tertiary/aromatic N) is 1. The number of alkyl halides is 6. The van der Waals surface area contributed by atoms with Crippen LogP contribution in [0.4, 0.5) is 26.3 Å². The minimum Gasteiger partial charge on any atom is -0.469 e. The van der Waals surface area contributed by atoms with Gasteiger partial charge in [-0.05, 0) is 56.1 Å². The van der Waals surface area contributed by atoms with E-state index in [1.54, 1.807) is 39.8 Å². The number of hydrogen-bond donors (Lipinski definition) is 0. The molecule has 0 fully saturated rings. The Hall–Kier alpha value is -3.05. The maximum Gasteiger partial charge on any atom is 0.490 e. The van der Waals surface area contributed by atoms with Crippen molar-refractivity contribution in [1.29, 1.82) is 0 Å². The molecule has 1 unspecified atom stereocenters. The Kier molecular flexibility index (Phi) is 14.1. The summed E-state index contributed by atoms with van der Waals surface area (Å²) in [5, 5.41) is 0. The molecule has 0 spiro atoms. The number of methoxy groups -OCH3 is 1. The predicted octanol–water partition coefficient (Wildman–Crippen LogP) is 8.10. The molecule has 6 nitrogen and oxygen atoms in total. The zero-order valence-electron chi connectivity index (χ0n) is 25.0. The van der Waals surface area contributed by atoms with Gasteiger partial charge in [-0.25, -0.2) is 4.79 Å². The molecular formula is C30H41F6NO5. The van der Waals surface area contributed by atoms with Crippen molar-refractivity contribution in [2.75, 3.05) is 7.11 Å². The van der Waals surface area contributed by atoms with Gasteiger partial charge < -0.3 is 14.0 Å². The van der Waals surface area contributed by atoms with E-state index in [1.807, 2.05) is 6.92 Å². The standard InChI is InChI=1S/C30H41F6NO5/c1-7-8-11-14-21(42-27(40)30(34,35)36)17-18-23-22(15-12-9-10-13-16-24(38)41-6)20(2)37(19-28(3,4)5)25(23)26(39)29(31,32)33/h9,12,17-18,21H,7-8,10-11,13-16,19H2,1-6H3/b12-9-,18-17+. The average Bonchev–Trinajstić information content (AvgIpc) is 3.11. The normalized spacial score (nSPS) is 13.6. The van der Waals surface area contributed by atoms with Crippen LogP contribution in [-0.4, -0.2) is 47.9 Å². The Labute approximate surface area is 243 Å². The molecule has 1 heterocycles. The molecule has 0 aromatic carbocycles. The monoisotopic (exact) mass is 609 g/mol. The molecule has 0 aliphatic rings. The number of unbranched alkanes of at least 4 members (excludes halogenated alkanes) is 3. The first-order chi connectivity index (χ1) is 19.3. The van der Waals surface area contributed by atoms with Crippen LogP contribution in [-0.2, 0) is 32.0 Å². The van der Waals surface area contributed by atoms with E-state index in [9.17, 15) is 40.7 Å². The predicted molar refractivity (Wildman–Crippen MR) is 147 cm³/mol. The third-order valence-electron chi connectivity index (χ3n) is 6.32. The number of rotatable bonds is 15.